The zero-order valence-corrected chi connectivity index (χ0v) is 10.3. The number of aromatic amines is 1. The van der Waals surface area contributed by atoms with E-state index >= 15 is 0 Å². The highest BCUT2D eigenvalue weighted by atomic mass is 32.1. The number of anilines is 1. The van der Waals surface area contributed by atoms with Crippen LogP contribution in [0, 0.1) is 4.64 Å². The number of nitrogens with zero attached hydrogens (tertiary/aromatic N) is 3. The summed E-state index contributed by atoms with van der Waals surface area (Å²) in [6.45, 7) is 3.77. The Hall–Kier alpha value is -1.96. The van der Waals surface area contributed by atoms with Gasteiger partial charge in [-0.3, -0.25) is 4.79 Å². The Bertz CT molecular complexity index is 585. The molecule has 0 aliphatic heterocycles. The zero-order chi connectivity index (χ0) is 13.0. The summed E-state index contributed by atoms with van der Waals surface area (Å²) >= 11 is 5.21. The van der Waals surface area contributed by atoms with Crippen LogP contribution in [0.25, 0.3) is 11.2 Å². The van der Waals surface area contributed by atoms with Gasteiger partial charge in [0.15, 0.2) is 5.65 Å². The maximum Gasteiger partial charge on any atom is 0.300 e. The Morgan fingerprint density at radius 3 is 2.82 bits per heavy atom. The summed E-state index contributed by atoms with van der Waals surface area (Å²) in [5.41, 5.74) is 7.03. The lowest BCUT2D eigenvalue weighted by molar-refractivity contribution is -0.134. The summed E-state index contributed by atoms with van der Waals surface area (Å²) in [7, 11) is 0. The van der Waals surface area contributed by atoms with Crippen LogP contribution in [0.15, 0.2) is 6.33 Å². The minimum atomic E-state index is -0.833. The minimum Gasteiger partial charge on any atom is -0.481 e. The summed E-state index contributed by atoms with van der Waals surface area (Å²) in [5.74, 6) is -0.424. The lowest BCUT2D eigenvalue weighted by Gasteiger charge is -2.05. The molecule has 0 fully saturated rings. The van der Waals surface area contributed by atoms with Crippen molar-refractivity contribution in [3.63, 3.8) is 0 Å². The molecule has 4 N–H and O–H groups in total. The Morgan fingerprint density at radius 1 is 1.71 bits per heavy atom. The molecule has 0 spiro atoms. The molecule has 0 saturated carbocycles. The van der Waals surface area contributed by atoms with Crippen molar-refractivity contribution in [3.05, 3.63) is 11.0 Å². The van der Waals surface area contributed by atoms with Crippen molar-refractivity contribution in [1.29, 1.82) is 0 Å². The van der Waals surface area contributed by atoms with Gasteiger partial charge in [0.1, 0.15) is 10.2 Å². The quantitative estimate of drug-likeness (QED) is 0.660. The Labute approximate surface area is 102 Å². The van der Waals surface area contributed by atoms with Crippen LogP contribution in [0.2, 0.25) is 0 Å². The van der Waals surface area contributed by atoms with Gasteiger partial charge in [-0.1, -0.05) is 12.2 Å². The van der Waals surface area contributed by atoms with E-state index in [1.165, 1.54) is 0 Å². The van der Waals surface area contributed by atoms with Crippen molar-refractivity contribution < 1.29 is 9.90 Å². The monoisotopic (exact) mass is 255 g/mol. The summed E-state index contributed by atoms with van der Waals surface area (Å²) in [6.07, 6.45) is 1.56. The van der Waals surface area contributed by atoms with Crippen molar-refractivity contribution in [2.45, 2.75) is 20.4 Å². The summed E-state index contributed by atoms with van der Waals surface area (Å²) < 4.78 is 2.41. The van der Waals surface area contributed by atoms with Gasteiger partial charge in [-0.15, -0.1) is 0 Å². The third-order valence-electron chi connectivity index (χ3n) is 1.89. The van der Waals surface area contributed by atoms with Crippen molar-refractivity contribution in [1.82, 2.24) is 19.5 Å². The molecule has 2 aromatic rings. The van der Waals surface area contributed by atoms with Crippen molar-refractivity contribution in [2.24, 2.45) is 0 Å². The number of carbonyl (C=O) groups is 1. The van der Waals surface area contributed by atoms with Gasteiger partial charge in [-0.25, -0.2) is 4.98 Å². The Balaban J connectivity index is 0.000000317. The van der Waals surface area contributed by atoms with Gasteiger partial charge < -0.3 is 20.4 Å². The van der Waals surface area contributed by atoms with Gasteiger partial charge in [0.2, 0.25) is 5.95 Å². The van der Waals surface area contributed by atoms with Gasteiger partial charge in [-0.05, 0) is 6.92 Å². The van der Waals surface area contributed by atoms with E-state index in [0.29, 0.717) is 22.8 Å². The lowest BCUT2D eigenvalue weighted by atomic mass is 10.5. The van der Waals surface area contributed by atoms with Crippen LogP contribution in [0.3, 0.4) is 0 Å². The number of fused-ring (bicyclic) bond motifs is 1. The number of rotatable bonds is 1. The number of hydrogen-bond donors (Lipinski definition) is 3. The maximum absolute atomic E-state index is 9.00. The van der Waals surface area contributed by atoms with Crippen LogP contribution in [0.4, 0.5) is 5.95 Å². The van der Waals surface area contributed by atoms with Gasteiger partial charge >= 0.3 is 0 Å². The van der Waals surface area contributed by atoms with Crippen molar-refractivity contribution in [2.75, 3.05) is 5.73 Å². The molecule has 2 aromatic heterocycles. The molecular weight excluding hydrogens is 242 g/mol. The third-order valence-corrected chi connectivity index (χ3v) is 2.32. The lowest BCUT2D eigenvalue weighted by Crippen LogP contribution is -2.08. The molecular formula is C9H13N5O2S. The Kier molecular flexibility index (Phi) is 4.16. The predicted octanol–water partition coefficient (Wildman–Crippen LogP) is 1.18. The molecule has 7 nitrogen and oxygen atoms in total. The van der Waals surface area contributed by atoms with E-state index < -0.39 is 5.97 Å². The first-order chi connectivity index (χ1) is 7.97. The molecule has 2 rings (SSSR count). The van der Waals surface area contributed by atoms with Gasteiger partial charge in [-0.2, -0.15) is 4.98 Å². The first-order valence-corrected chi connectivity index (χ1v) is 5.27. The van der Waals surface area contributed by atoms with Crippen molar-refractivity contribution >= 4 is 35.3 Å². The highest BCUT2D eigenvalue weighted by Gasteiger charge is 2.05. The predicted molar refractivity (Wildman–Crippen MR) is 66.1 cm³/mol. The molecule has 0 saturated heterocycles. The van der Waals surface area contributed by atoms with Gasteiger partial charge in [0, 0.05) is 13.5 Å². The number of imidazole rings is 1. The first kappa shape index (κ1) is 13.1. The molecule has 0 aromatic carbocycles. The molecule has 92 valence electrons. The van der Waals surface area contributed by atoms with Crippen LogP contribution in [0.1, 0.15) is 13.8 Å². The van der Waals surface area contributed by atoms with Crippen LogP contribution < -0.4 is 5.73 Å². The SMILES string of the molecule is CC(=O)O.CCn1c(N)nc2nc[nH]c2c1=S. The molecule has 0 aliphatic carbocycles. The van der Waals surface area contributed by atoms with E-state index in [4.69, 9.17) is 27.9 Å². The molecule has 0 atom stereocenters. The molecule has 0 amide bonds. The largest absolute Gasteiger partial charge is 0.481 e. The summed E-state index contributed by atoms with van der Waals surface area (Å²) in [5, 5.41) is 7.42. The zero-order valence-electron chi connectivity index (χ0n) is 9.47. The highest BCUT2D eigenvalue weighted by molar-refractivity contribution is 7.71. The highest BCUT2D eigenvalue weighted by Crippen LogP contribution is 2.11. The molecule has 8 heteroatoms. The van der Waals surface area contributed by atoms with E-state index in [1.54, 1.807) is 10.9 Å². The standard InChI is InChI=1S/C7H9N5S.C2H4O2/c1-2-12-6(13)4-5(10-3-9-4)11-7(12)8;1-2(3)4/h3H,2H2,1H3,(H2,8,11)(H,9,10);1H3,(H,3,4). The molecule has 0 unspecified atom stereocenters. The van der Waals surface area contributed by atoms with Gasteiger partial charge in [0.05, 0.1) is 6.33 Å². The second kappa shape index (κ2) is 5.39. The third kappa shape index (κ3) is 3.00. The summed E-state index contributed by atoms with van der Waals surface area (Å²) in [4.78, 5) is 20.0. The van der Waals surface area contributed by atoms with E-state index in [9.17, 15) is 0 Å². The maximum atomic E-state index is 9.00. The molecule has 2 heterocycles. The van der Waals surface area contributed by atoms with E-state index in [-0.39, 0.29) is 0 Å². The number of aliphatic carboxylic acids is 1. The van der Waals surface area contributed by atoms with Gasteiger partial charge in [0.25, 0.3) is 5.97 Å². The average Bonchev–Trinajstić information content (AvgIpc) is 2.65. The second-order valence-corrected chi connectivity index (χ2v) is 3.53. The number of nitrogens with one attached hydrogen (secondary N) is 1. The fraction of sp³-hybridized carbons (Fsp3) is 0.333. The number of nitrogens with two attached hydrogens (primary N) is 1. The smallest absolute Gasteiger partial charge is 0.300 e. The van der Waals surface area contributed by atoms with Crippen molar-refractivity contribution in [3.8, 4) is 0 Å². The van der Waals surface area contributed by atoms with E-state index in [2.05, 4.69) is 15.0 Å². The molecule has 0 bridgehead atoms. The van der Waals surface area contributed by atoms with Crippen LogP contribution in [0.5, 0.6) is 0 Å². The molecule has 17 heavy (non-hydrogen) atoms. The topological polar surface area (TPSA) is 110 Å². The number of nitrogen functional groups attached to an aromatic ring is 1. The van der Waals surface area contributed by atoms with E-state index in [0.717, 1.165) is 12.4 Å². The minimum absolute atomic E-state index is 0.409. The normalized spacial score (nSPS) is 9.76. The molecule has 0 radical (unpaired) electrons. The average molecular weight is 255 g/mol. The van der Waals surface area contributed by atoms with Crippen LogP contribution in [-0.4, -0.2) is 30.6 Å². The number of carboxylic acid groups (broad SMARTS) is 1. The number of hydrogen-bond acceptors (Lipinski definition) is 5. The number of carboxylic acids is 1. The fourth-order valence-corrected chi connectivity index (χ4v) is 1.62. The number of aromatic nitrogens is 4. The molecule has 0 aliphatic rings. The number of H-pyrrole nitrogens is 1. The van der Waals surface area contributed by atoms with Crippen LogP contribution in [-0.2, 0) is 11.3 Å². The first-order valence-electron chi connectivity index (χ1n) is 4.86. The fourth-order valence-electron chi connectivity index (χ4n) is 1.24. The van der Waals surface area contributed by atoms with Crippen LogP contribution >= 0.6 is 12.2 Å². The Morgan fingerprint density at radius 2 is 2.29 bits per heavy atom. The summed E-state index contributed by atoms with van der Waals surface area (Å²) in [6, 6.07) is 0. The second-order valence-electron chi connectivity index (χ2n) is 3.14. The van der Waals surface area contributed by atoms with E-state index in [1.807, 2.05) is 6.92 Å².